The lowest BCUT2D eigenvalue weighted by Crippen LogP contribution is -2.55. The third kappa shape index (κ3) is 11.4. The lowest BCUT2D eigenvalue weighted by atomic mass is 10.0. The first-order chi connectivity index (χ1) is 13.5. The minimum Gasteiger partial charge on any atom is -0.480 e. The molecule has 0 radical (unpaired) electrons. The fraction of sp³-hybridized carbons (Fsp3) is 0.789. The molecule has 29 heavy (non-hydrogen) atoms. The number of aliphatic carboxylic acids is 1. The Bertz CT molecular complexity index is 553. The Morgan fingerprint density at radius 1 is 0.966 bits per heavy atom. The summed E-state index contributed by atoms with van der Waals surface area (Å²) in [5.74, 6) is -2.92. The van der Waals surface area contributed by atoms with Crippen LogP contribution in [0.4, 0.5) is 0 Å². The average Bonchev–Trinajstić information content (AvgIpc) is 2.62. The lowest BCUT2D eigenvalue weighted by Gasteiger charge is -2.25. The van der Waals surface area contributed by atoms with Gasteiger partial charge in [0, 0.05) is 0 Å². The Hall–Kier alpha value is -2.20. The van der Waals surface area contributed by atoms with E-state index in [1.54, 1.807) is 13.8 Å². The highest BCUT2D eigenvalue weighted by Gasteiger charge is 2.29. The number of carbonyl (C=O) groups is 4. The van der Waals surface area contributed by atoms with Crippen molar-refractivity contribution in [2.45, 2.75) is 71.5 Å². The lowest BCUT2D eigenvalue weighted by molar-refractivity contribution is -0.143. The first-order valence-corrected chi connectivity index (χ1v) is 10.0. The van der Waals surface area contributed by atoms with E-state index in [2.05, 4.69) is 16.0 Å². The van der Waals surface area contributed by atoms with Crippen LogP contribution >= 0.6 is 0 Å². The van der Waals surface area contributed by atoms with E-state index in [9.17, 15) is 24.3 Å². The number of amides is 3. The van der Waals surface area contributed by atoms with Crippen LogP contribution in [0.2, 0.25) is 0 Å². The van der Waals surface area contributed by atoms with Crippen LogP contribution in [0.1, 0.15) is 53.4 Å². The molecule has 10 nitrogen and oxygen atoms in total. The standard InChI is InChI=1S/C19H37N5O5/c1-11(2)9-14(19(28)29)23-18(27)16(12(3)4)24-15(25)10-22-17(26)13(21)7-5-6-8-20/h11-14,16H,5-10,20-21H2,1-4H3,(H,22,26)(H,23,27)(H,24,25)(H,28,29). The maximum Gasteiger partial charge on any atom is 0.326 e. The van der Waals surface area contributed by atoms with E-state index in [1.165, 1.54) is 0 Å². The number of carboxylic acid groups (broad SMARTS) is 1. The summed E-state index contributed by atoms with van der Waals surface area (Å²) in [5.41, 5.74) is 11.2. The molecular formula is C19H37N5O5. The number of nitrogens with one attached hydrogen (secondary N) is 3. The summed E-state index contributed by atoms with van der Waals surface area (Å²) in [7, 11) is 0. The molecule has 0 aromatic heterocycles. The van der Waals surface area contributed by atoms with Crippen LogP contribution in [0.5, 0.6) is 0 Å². The highest BCUT2D eigenvalue weighted by molar-refractivity contribution is 5.92. The van der Waals surface area contributed by atoms with Crippen LogP contribution < -0.4 is 27.4 Å². The number of carbonyl (C=O) groups excluding carboxylic acids is 3. The van der Waals surface area contributed by atoms with Gasteiger partial charge in [0.15, 0.2) is 0 Å². The molecule has 0 spiro atoms. The van der Waals surface area contributed by atoms with Gasteiger partial charge in [-0.05, 0) is 37.6 Å². The number of carboxylic acids is 1. The van der Waals surface area contributed by atoms with E-state index in [-0.39, 0.29) is 24.8 Å². The predicted molar refractivity (Wildman–Crippen MR) is 110 cm³/mol. The minimum absolute atomic E-state index is 0.0766. The molecule has 0 saturated carbocycles. The van der Waals surface area contributed by atoms with Crippen LogP contribution in [0, 0.1) is 11.8 Å². The number of rotatable bonds is 14. The Labute approximate surface area is 172 Å². The van der Waals surface area contributed by atoms with Gasteiger partial charge in [-0.15, -0.1) is 0 Å². The van der Waals surface area contributed by atoms with Gasteiger partial charge in [0.2, 0.25) is 17.7 Å². The fourth-order valence-corrected chi connectivity index (χ4v) is 2.65. The van der Waals surface area contributed by atoms with Gasteiger partial charge in [-0.1, -0.05) is 34.1 Å². The van der Waals surface area contributed by atoms with Crippen molar-refractivity contribution in [2.24, 2.45) is 23.3 Å². The van der Waals surface area contributed by atoms with Gasteiger partial charge in [0.1, 0.15) is 12.1 Å². The van der Waals surface area contributed by atoms with Crippen LogP contribution in [-0.2, 0) is 19.2 Å². The third-order valence-corrected chi connectivity index (χ3v) is 4.32. The number of hydrogen-bond donors (Lipinski definition) is 6. The van der Waals surface area contributed by atoms with Crippen molar-refractivity contribution < 1.29 is 24.3 Å². The van der Waals surface area contributed by atoms with Gasteiger partial charge in [0.25, 0.3) is 0 Å². The molecule has 168 valence electrons. The van der Waals surface area contributed by atoms with Crippen LogP contribution in [0.25, 0.3) is 0 Å². The van der Waals surface area contributed by atoms with E-state index < -0.39 is 41.8 Å². The minimum atomic E-state index is -1.13. The molecule has 10 heteroatoms. The van der Waals surface area contributed by atoms with Crippen molar-refractivity contribution in [1.82, 2.24) is 16.0 Å². The van der Waals surface area contributed by atoms with Crippen molar-refractivity contribution in [3.63, 3.8) is 0 Å². The molecule has 0 aromatic carbocycles. The van der Waals surface area contributed by atoms with Gasteiger partial charge < -0.3 is 32.5 Å². The zero-order valence-corrected chi connectivity index (χ0v) is 17.9. The second kappa shape index (κ2) is 13.9. The second-order valence-electron chi connectivity index (χ2n) is 7.93. The third-order valence-electron chi connectivity index (χ3n) is 4.32. The van der Waals surface area contributed by atoms with Crippen LogP contribution in [-0.4, -0.2) is 60.0 Å². The molecule has 0 fully saturated rings. The zero-order valence-electron chi connectivity index (χ0n) is 17.9. The molecule has 8 N–H and O–H groups in total. The van der Waals surface area contributed by atoms with E-state index >= 15 is 0 Å². The Morgan fingerprint density at radius 3 is 2.07 bits per heavy atom. The van der Waals surface area contributed by atoms with Crippen molar-refractivity contribution in [2.75, 3.05) is 13.1 Å². The smallest absolute Gasteiger partial charge is 0.326 e. The summed E-state index contributed by atoms with van der Waals surface area (Å²) in [6.07, 6.45) is 2.22. The predicted octanol–water partition coefficient (Wildman–Crippen LogP) is -0.685. The molecule has 0 heterocycles. The van der Waals surface area contributed by atoms with Gasteiger partial charge in [-0.3, -0.25) is 14.4 Å². The SMILES string of the molecule is CC(C)CC(NC(=O)C(NC(=O)CNC(=O)C(N)CCCCN)C(C)C)C(=O)O. The van der Waals surface area contributed by atoms with E-state index in [0.29, 0.717) is 19.4 Å². The molecule has 0 bridgehead atoms. The Balaban J connectivity index is 4.70. The summed E-state index contributed by atoms with van der Waals surface area (Å²) in [6.45, 7) is 7.37. The maximum absolute atomic E-state index is 12.5. The fourth-order valence-electron chi connectivity index (χ4n) is 2.65. The van der Waals surface area contributed by atoms with Crippen molar-refractivity contribution in [1.29, 1.82) is 0 Å². The molecule has 0 aliphatic heterocycles. The quantitative estimate of drug-likeness (QED) is 0.203. The van der Waals surface area contributed by atoms with Crippen molar-refractivity contribution in [3.05, 3.63) is 0 Å². The van der Waals surface area contributed by atoms with Gasteiger partial charge in [0.05, 0.1) is 12.6 Å². The topological polar surface area (TPSA) is 177 Å². The summed E-state index contributed by atoms with van der Waals surface area (Å²) < 4.78 is 0. The normalized spacial score (nSPS) is 14.2. The maximum atomic E-state index is 12.5. The van der Waals surface area contributed by atoms with E-state index in [4.69, 9.17) is 11.5 Å². The van der Waals surface area contributed by atoms with Gasteiger partial charge >= 0.3 is 5.97 Å². The van der Waals surface area contributed by atoms with Gasteiger partial charge in [-0.2, -0.15) is 0 Å². The Kier molecular flexibility index (Phi) is 12.8. The molecule has 0 aliphatic carbocycles. The Morgan fingerprint density at radius 2 is 1.59 bits per heavy atom. The molecular weight excluding hydrogens is 378 g/mol. The highest BCUT2D eigenvalue weighted by Crippen LogP contribution is 2.08. The first kappa shape index (κ1) is 26.8. The second-order valence-corrected chi connectivity index (χ2v) is 7.93. The molecule has 0 rings (SSSR count). The van der Waals surface area contributed by atoms with E-state index in [1.807, 2.05) is 13.8 Å². The number of nitrogens with two attached hydrogens (primary N) is 2. The highest BCUT2D eigenvalue weighted by atomic mass is 16.4. The van der Waals surface area contributed by atoms with Gasteiger partial charge in [-0.25, -0.2) is 4.79 Å². The largest absolute Gasteiger partial charge is 0.480 e. The molecule has 0 aliphatic rings. The van der Waals surface area contributed by atoms with Crippen molar-refractivity contribution >= 4 is 23.7 Å². The first-order valence-electron chi connectivity index (χ1n) is 10.0. The molecule has 0 saturated heterocycles. The summed E-state index contributed by atoms with van der Waals surface area (Å²) in [5, 5.41) is 16.7. The summed E-state index contributed by atoms with van der Waals surface area (Å²) >= 11 is 0. The average molecular weight is 416 g/mol. The molecule has 0 aromatic rings. The molecule has 3 amide bonds. The number of hydrogen-bond acceptors (Lipinski definition) is 6. The summed E-state index contributed by atoms with van der Waals surface area (Å²) in [4.78, 5) is 47.9. The van der Waals surface area contributed by atoms with Crippen LogP contribution in [0.15, 0.2) is 0 Å². The van der Waals surface area contributed by atoms with Crippen molar-refractivity contribution in [3.8, 4) is 0 Å². The monoisotopic (exact) mass is 415 g/mol. The van der Waals surface area contributed by atoms with Crippen LogP contribution in [0.3, 0.4) is 0 Å². The molecule has 3 atom stereocenters. The molecule has 3 unspecified atom stereocenters. The summed E-state index contributed by atoms with van der Waals surface area (Å²) in [6, 6.07) is -2.69. The zero-order chi connectivity index (χ0) is 22.6. The van der Waals surface area contributed by atoms with E-state index in [0.717, 1.165) is 6.42 Å². The number of unbranched alkanes of at least 4 members (excludes halogenated alkanes) is 1.